The topological polar surface area (TPSA) is 64.0 Å². The van der Waals surface area contributed by atoms with Crippen LogP contribution in [0.15, 0.2) is 11.1 Å². The van der Waals surface area contributed by atoms with Crippen molar-refractivity contribution >= 4 is 28.5 Å². The van der Waals surface area contributed by atoms with Crippen molar-refractivity contribution < 1.29 is 4.79 Å². The van der Waals surface area contributed by atoms with E-state index in [-0.39, 0.29) is 23.6 Å². The first-order valence-corrected chi connectivity index (χ1v) is 6.31. The zero-order valence-electron chi connectivity index (χ0n) is 10.4. The van der Waals surface area contributed by atoms with Gasteiger partial charge in [-0.15, -0.1) is 0 Å². The molecule has 1 aromatic rings. The molecule has 6 heteroatoms. The fourth-order valence-corrected chi connectivity index (χ4v) is 1.72. The van der Waals surface area contributed by atoms with Crippen LogP contribution in [0.5, 0.6) is 0 Å². The van der Waals surface area contributed by atoms with Crippen molar-refractivity contribution in [1.29, 1.82) is 0 Å². The largest absolute Gasteiger partial charge is 0.350 e. The molecule has 1 heterocycles. The lowest BCUT2D eigenvalue weighted by Gasteiger charge is -2.20. The van der Waals surface area contributed by atoms with Crippen molar-refractivity contribution in [3.63, 3.8) is 0 Å². The molecule has 0 aliphatic heterocycles. The van der Waals surface area contributed by atoms with Gasteiger partial charge in [0.25, 0.3) is 5.56 Å². The molecule has 5 nitrogen and oxygen atoms in total. The van der Waals surface area contributed by atoms with Gasteiger partial charge in [-0.05, 0) is 50.3 Å². The monoisotopic (exact) mass is 349 g/mol. The molecule has 0 saturated heterocycles. The molecule has 94 valence electrons. The van der Waals surface area contributed by atoms with E-state index in [0.29, 0.717) is 9.26 Å². The lowest BCUT2D eigenvalue weighted by molar-refractivity contribution is -0.123. The van der Waals surface area contributed by atoms with Crippen LogP contribution in [0, 0.1) is 10.5 Å². The van der Waals surface area contributed by atoms with Gasteiger partial charge in [0.2, 0.25) is 5.91 Å². The minimum atomic E-state index is -0.300. The number of nitrogens with zero attached hydrogens (tertiary/aromatic N) is 2. The number of hydrogen-bond acceptors (Lipinski definition) is 3. The zero-order chi connectivity index (χ0) is 13.2. The Morgan fingerprint density at radius 2 is 2.12 bits per heavy atom. The quantitative estimate of drug-likeness (QED) is 0.813. The minimum Gasteiger partial charge on any atom is -0.350 e. The van der Waals surface area contributed by atoms with E-state index in [2.05, 4.69) is 10.3 Å². The second kappa shape index (κ2) is 5.16. The van der Waals surface area contributed by atoms with Crippen molar-refractivity contribution in [3.05, 3.63) is 25.9 Å². The smallest absolute Gasteiger partial charge is 0.267 e. The van der Waals surface area contributed by atoms with E-state index in [9.17, 15) is 9.59 Å². The summed E-state index contributed by atoms with van der Waals surface area (Å²) in [4.78, 5) is 27.6. The second-order valence-electron chi connectivity index (χ2n) is 4.88. The molecule has 0 aromatic carbocycles. The van der Waals surface area contributed by atoms with E-state index in [0.717, 1.165) is 0 Å². The number of hydrogen-bond donors (Lipinski definition) is 1. The predicted octanol–water partition coefficient (Wildman–Crippen LogP) is 1.07. The third kappa shape index (κ3) is 4.10. The molecule has 0 aliphatic carbocycles. The molecule has 17 heavy (non-hydrogen) atoms. The van der Waals surface area contributed by atoms with Gasteiger partial charge in [-0.3, -0.25) is 14.2 Å². The SMILES string of the molecule is Cc1ncn(CC(=O)NC(C)(C)C)c(=O)c1I. The Kier molecular flexibility index (Phi) is 4.29. The molecule has 1 amide bonds. The fraction of sp³-hybridized carbons (Fsp3) is 0.545. The summed E-state index contributed by atoms with van der Waals surface area (Å²) < 4.78 is 1.87. The van der Waals surface area contributed by atoms with Crippen molar-refractivity contribution in [2.75, 3.05) is 0 Å². The summed E-state index contributed by atoms with van der Waals surface area (Å²) in [5.41, 5.74) is 0.205. The van der Waals surface area contributed by atoms with E-state index in [1.807, 2.05) is 43.4 Å². The maximum Gasteiger partial charge on any atom is 0.267 e. The highest BCUT2D eigenvalue weighted by atomic mass is 127. The highest BCUT2D eigenvalue weighted by Gasteiger charge is 2.15. The molecule has 0 bridgehead atoms. The molecule has 0 spiro atoms. The summed E-state index contributed by atoms with van der Waals surface area (Å²) in [5, 5.41) is 2.80. The standard InChI is InChI=1S/C11H16IN3O2/c1-7-9(12)10(17)15(6-13-7)5-8(16)14-11(2,3)4/h6H,5H2,1-4H3,(H,14,16). The Labute approximate surface area is 114 Å². The van der Waals surface area contributed by atoms with Gasteiger partial charge in [-0.25, -0.2) is 4.98 Å². The first-order chi connectivity index (χ1) is 7.70. The minimum absolute atomic E-state index is 0.000610. The van der Waals surface area contributed by atoms with Crippen LogP contribution in [0.1, 0.15) is 26.5 Å². The van der Waals surface area contributed by atoms with Gasteiger partial charge in [-0.1, -0.05) is 0 Å². The number of rotatable bonds is 2. The first kappa shape index (κ1) is 14.1. The van der Waals surface area contributed by atoms with E-state index in [4.69, 9.17) is 0 Å². The number of halogens is 1. The van der Waals surface area contributed by atoms with Crippen LogP contribution in [0.3, 0.4) is 0 Å². The van der Waals surface area contributed by atoms with Crippen LogP contribution in [0.25, 0.3) is 0 Å². The number of nitrogens with one attached hydrogen (secondary N) is 1. The van der Waals surface area contributed by atoms with Crippen LogP contribution < -0.4 is 10.9 Å². The van der Waals surface area contributed by atoms with Crippen molar-refractivity contribution in [3.8, 4) is 0 Å². The van der Waals surface area contributed by atoms with Gasteiger partial charge in [0.05, 0.1) is 15.6 Å². The molecule has 0 radical (unpaired) electrons. The highest BCUT2D eigenvalue weighted by molar-refractivity contribution is 14.1. The van der Waals surface area contributed by atoms with Crippen molar-refractivity contribution in [2.24, 2.45) is 0 Å². The maximum absolute atomic E-state index is 11.8. The molecule has 0 fully saturated rings. The van der Waals surface area contributed by atoms with Gasteiger partial charge in [0, 0.05) is 5.54 Å². The molecule has 1 rings (SSSR count). The molecule has 0 saturated carbocycles. The predicted molar refractivity (Wildman–Crippen MR) is 73.8 cm³/mol. The number of aromatic nitrogens is 2. The Bertz CT molecular complexity index is 488. The van der Waals surface area contributed by atoms with Crippen LogP contribution >= 0.6 is 22.6 Å². The van der Waals surface area contributed by atoms with Crippen LogP contribution in [-0.4, -0.2) is 21.0 Å². The van der Waals surface area contributed by atoms with Gasteiger partial charge < -0.3 is 5.32 Å². The van der Waals surface area contributed by atoms with E-state index < -0.39 is 0 Å². The van der Waals surface area contributed by atoms with Crippen LogP contribution in [0.4, 0.5) is 0 Å². The van der Waals surface area contributed by atoms with Crippen molar-refractivity contribution in [1.82, 2.24) is 14.9 Å². The summed E-state index contributed by atoms with van der Waals surface area (Å²) in [6.45, 7) is 7.45. The molecule has 1 aromatic heterocycles. The van der Waals surface area contributed by atoms with Crippen LogP contribution in [-0.2, 0) is 11.3 Å². The van der Waals surface area contributed by atoms with Gasteiger partial charge >= 0.3 is 0 Å². The average molecular weight is 349 g/mol. The Morgan fingerprint density at radius 1 is 1.53 bits per heavy atom. The molecule has 0 aliphatic rings. The number of aryl methyl sites for hydroxylation is 1. The zero-order valence-corrected chi connectivity index (χ0v) is 12.5. The van der Waals surface area contributed by atoms with E-state index >= 15 is 0 Å². The molecule has 1 N–H and O–H groups in total. The number of amides is 1. The second-order valence-corrected chi connectivity index (χ2v) is 5.95. The normalized spacial score (nSPS) is 11.4. The lowest BCUT2D eigenvalue weighted by atomic mass is 10.1. The average Bonchev–Trinajstić information content (AvgIpc) is 2.16. The Morgan fingerprint density at radius 3 is 2.65 bits per heavy atom. The van der Waals surface area contributed by atoms with E-state index in [1.165, 1.54) is 10.9 Å². The maximum atomic E-state index is 11.8. The molecule has 0 unspecified atom stereocenters. The third-order valence-electron chi connectivity index (χ3n) is 1.99. The van der Waals surface area contributed by atoms with Gasteiger partial charge in [0.1, 0.15) is 6.54 Å². The number of carbonyl (C=O) groups is 1. The molecule has 0 atom stereocenters. The summed E-state index contributed by atoms with van der Waals surface area (Å²) >= 11 is 1.94. The first-order valence-electron chi connectivity index (χ1n) is 5.23. The molecular weight excluding hydrogens is 333 g/mol. The summed E-state index contributed by atoms with van der Waals surface area (Å²) in [6, 6.07) is 0. The Balaban J connectivity index is 2.87. The third-order valence-corrected chi connectivity index (χ3v) is 3.23. The van der Waals surface area contributed by atoms with Crippen LogP contribution in [0.2, 0.25) is 0 Å². The van der Waals surface area contributed by atoms with E-state index in [1.54, 1.807) is 6.92 Å². The van der Waals surface area contributed by atoms with Gasteiger partial charge in [-0.2, -0.15) is 0 Å². The fourth-order valence-electron chi connectivity index (χ4n) is 1.27. The summed E-state index contributed by atoms with van der Waals surface area (Å²) in [6.07, 6.45) is 1.40. The summed E-state index contributed by atoms with van der Waals surface area (Å²) in [5.74, 6) is -0.193. The molecular formula is C11H16IN3O2. The Hall–Kier alpha value is -0.920. The summed E-state index contributed by atoms with van der Waals surface area (Å²) in [7, 11) is 0. The lowest BCUT2D eigenvalue weighted by Crippen LogP contribution is -2.43. The van der Waals surface area contributed by atoms with Gasteiger partial charge in [0.15, 0.2) is 0 Å². The highest BCUT2D eigenvalue weighted by Crippen LogP contribution is 2.02. The van der Waals surface area contributed by atoms with Crippen molar-refractivity contribution in [2.45, 2.75) is 39.8 Å². The number of carbonyl (C=O) groups excluding carboxylic acids is 1.